The van der Waals surface area contributed by atoms with Crippen molar-refractivity contribution in [2.45, 2.75) is 0 Å². The van der Waals surface area contributed by atoms with Crippen molar-refractivity contribution >= 4 is 40.5 Å². The van der Waals surface area contributed by atoms with Gasteiger partial charge in [0.2, 0.25) is 0 Å². The number of benzene rings is 2. The summed E-state index contributed by atoms with van der Waals surface area (Å²) >= 11 is 0. The van der Waals surface area contributed by atoms with Crippen LogP contribution in [0.5, 0.6) is 5.75 Å². The van der Waals surface area contributed by atoms with Crippen molar-refractivity contribution in [1.82, 2.24) is 15.0 Å². The number of ether oxygens (including phenoxy) is 1. The molecule has 0 radical (unpaired) electrons. The third-order valence-corrected chi connectivity index (χ3v) is 4.36. The second-order valence-electron chi connectivity index (χ2n) is 6.61. The third-order valence-electron chi connectivity index (χ3n) is 4.36. The molecule has 9 nitrogen and oxygen atoms in total. The molecule has 0 aliphatic carbocycles. The predicted octanol–water partition coefficient (Wildman–Crippen LogP) is 5.01. The monoisotopic (exact) mass is 427 g/mol. The van der Waals surface area contributed by atoms with Crippen LogP contribution in [0, 0.1) is 0 Å². The minimum absolute atomic E-state index is 0.365. The van der Waals surface area contributed by atoms with Crippen LogP contribution < -0.4 is 26.0 Å². The maximum atomic E-state index is 12.3. The van der Waals surface area contributed by atoms with Gasteiger partial charge in [0.1, 0.15) is 29.5 Å². The number of carbonyl (C=O) groups is 1. The van der Waals surface area contributed by atoms with E-state index in [1.807, 2.05) is 42.5 Å². The van der Waals surface area contributed by atoms with Crippen LogP contribution in [0.25, 0.3) is 0 Å². The number of rotatable bonds is 7. The number of hydrogen-bond acceptors (Lipinski definition) is 7. The molecule has 0 fully saturated rings. The van der Waals surface area contributed by atoms with Crippen LogP contribution in [0.15, 0.2) is 85.3 Å². The van der Waals surface area contributed by atoms with E-state index < -0.39 is 0 Å². The van der Waals surface area contributed by atoms with E-state index >= 15 is 0 Å². The van der Waals surface area contributed by atoms with Gasteiger partial charge >= 0.3 is 6.03 Å². The number of hydrogen-bond donors (Lipinski definition) is 4. The summed E-state index contributed by atoms with van der Waals surface area (Å²) in [6.07, 6.45) is 3.17. The minimum Gasteiger partial charge on any atom is -0.495 e. The lowest BCUT2D eigenvalue weighted by atomic mass is 10.2. The van der Waals surface area contributed by atoms with Gasteiger partial charge in [-0.25, -0.2) is 19.7 Å². The Labute approximate surface area is 184 Å². The Balaban J connectivity index is 1.36. The van der Waals surface area contributed by atoms with Crippen molar-refractivity contribution < 1.29 is 9.53 Å². The molecule has 9 heteroatoms. The number of nitrogens with one attached hydrogen (secondary N) is 4. The first kappa shape index (κ1) is 20.6. The Kier molecular flexibility index (Phi) is 6.37. The zero-order valence-electron chi connectivity index (χ0n) is 17.2. The Morgan fingerprint density at radius 1 is 0.750 bits per heavy atom. The molecule has 2 aromatic heterocycles. The second kappa shape index (κ2) is 9.90. The second-order valence-corrected chi connectivity index (χ2v) is 6.61. The zero-order valence-corrected chi connectivity index (χ0v) is 17.2. The minimum atomic E-state index is -0.365. The first-order chi connectivity index (χ1) is 15.7. The number of para-hydroxylation sites is 2. The fourth-order valence-corrected chi connectivity index (χ4v) is 2.88. The number of carbonyl (C=O) groups excluding carboxylic acids is 1. The SMILES string of the molecule is COc1ccccc1NC(=O)Nc1ccc(Nc2cc(Nc3ccccn3)ncn2)cc1. The summed E-state index contributed by atoms with van der Waals surface area (Å²) in [4.78, 5) is 24.9. The average Bonchev–Trinajstić information content (AvgIpc) is 2.82. The van der Waals surface area contributed by atoms with E-state index in [0.29, 0.717) is 34.6 Å². The van der Waals surface area contributed by atoms with Gasteiger partial charge in [-0.3, -0.25) is 0 Å². The predicted molar refractivity (Wildman–Crippen MR) is 125 cm³/mol. The molecule has 2 amide bonds. The highest BCUT2D eigenvalue weighted by Gasteiger charge is 2.07. The Bertz CT molecular complexity index is 1180. The lowest BCUT2D eigenvalue weighted by Crippen LogP contribution is -2.19. The number of nitrogens with zero attached hydrogens (tertiary/aromatic N) is 3. The Hall–Kier alpha value is -4.66. The van der Waals surface area contributed by atoms with E-state index in [-0.39, 0.29) is 6.03 Å². The number of anilines is 6. The quantitative estimate of drug-likeness (QED) is 0.328. The molecule has 4 aromatic rings. The molecule has 2 heterocycles. The van der Waals surface area contributed by atoms with Crippen LogP contribution in [0.2, 0.25) is 0 Å². The van der Waals surface area contributed by atoms with E-state index in [4.69, 9.17) is 4.74 Å². The molecule has 0 aliphatic rings. The molecular formula is C23H21N7O2. The highest BCUT2D eigenvalue weighted by atomic mass is 16.5. The van der Waals surface area contributed by atoms with Gasteiger partial charge in [-0.2, -0.15) is 0 Å². The first-order valence-corrected chi connectivity index (χ1v) is 9.78. The summed E-state index contributed by atoms with van der Waals surface area (Å²) in [5.41, 5.74) is 2.04. The van der Waals surface area contributed by atoms with Gasteiger partial charge < -0.3 is 26.0 Å². The normalized spacial score (nSPS) is 10.2. The number of amides is 2. The van der Waals surface area contributed by atoms with E-state index in [1.54, 1.807) is 43.6 Å². The highest BCUT2D eigenvalue weighted by molar-refractivity contribution is 6.00. The smallest absolute Gasteiger partial charge is 0.323 e. The number of aromatic nitrogens is 3. The van der Waals surface area contributed by atoms with Crippen LogP contribution in [-0.4, -0.2) is 28.1 Å². The molecule has 0 saturated carbocycles. The van der Waals surface area contributed by atoms with Crippen molar-refractivity contribution in [2.75, 3.05) is 28.4 Å². The molecule has 0 spiro atoms. The summed E-state index contributed by atoms with van der Waals surface area (Å²) < 4.78 is 5.24. The summed E-state index contributed by atoms with van der Waals surface area (Å²) in [7, 11) is 1.55. The van der Waals surface area contributed by atoms with Crippen molar-refractivity contribution in [1.29, 1.82) is 0 Å². The van der Waals surface area contributed by atoms with Gasteiger partial charge in [-0.15, -0.1) is 0 Å². The number of methoxy groups -OCH3 is 1. The van der Waals surface area contributed by atoms with Gasteiger partial charge in [0.05, 0.1) is 12.8 Å². The van der Waals surface area contributed by atoms with Crippen LogP contribution in [-0.2, 0) is 0 Å². The molecule has 0 atom stereocenters. The van der Waals surface area contributed by atoms with E-state index in [9.17, 15) is 4.79 Å². The van der Waals surface area contributed by atoms with Crippen molar-refractivity contribution in [3.8, 4) is 5.75 Å². The van der Waals surface area contributed by atoms with Gasteiger partial charge in [-0.05, 0) is 48.5 Å². The summed E-state index contributed by atoms with van der Waals surface area (Å²) in [5, 5.41) is 11.9. The van der Waals surface area contributed by atoms with Crippen LogP contribution in [0.3, 0.4) is 0 Å². The maximum Gasteiger partial charge on any atom is 0.323 e. The maximum absolute atomic E-state index is 12.3. The standard InChI is InChI=1S/C23H21N7O2/c1-32-19-7-3-2-6-18(19)29-23(31)28-17-11-9-16(10-12-17)27-21-14-22(26-15-25-21)30-20-8-4-5-13-24-20/h2-15H,1H3,(H2,28,29,31)(H2,24,25,26,27,30). The van der Waals surface area contributed by atoms with Crippen molar-refractivity contribution in [2.24, 2.45) is 0 Å². The van der Waals surface area contributed by atoms with Crippen LogP contribution >= 0.6 is 0 Å². The van der Waals surface area contributed by atoms with Crippen molar-refractivity contribution in [3.05, 3.63) is 85.3 Å². The topological polar surface area (TPSA) is 113 Å². The zero-order chi connectivity index (χ0) is 22.2. The van der Waals surface area contributed by atoms with Crippen LogP contribution in [0.4, 0.5) is 39.3 Å². The summed E-state index contributed by atoms with van der Waals surface area (Å²) in [5.74, 6) is 2.52. The number of urea groups is 1. The largest absolute Gasteiger partial charge is 0.495 e. The fraction of sp³-hybridized carbons (Fsp3) is 0.0435. The lowest BCUT2D eigenvalue weighted by molar-refractivity contribution is 0.262. The van der Waals surface area contributed by atoms with Crippen LogP contribution in [0.1, 0.15) is 0 Å². The Morgan fingerprint density at radius 2 is 1.47 bits per heavy atom. The molecule has 4 rings (SSSR count). The van der Waals surface area contributed by atoms with E-state index in [1.165, 1.54) is 6.33 Å². The van der Waals surface area contributed by atoms with Gasteiger partial charge in [0.15, 0.2) is 0 Å². The molecule has 0 saturated heterocycles. The number of pyridine rings is 1. The summed E-state index contributed by atoms with van der Waals surface area (Å²) in [6, 6.07) is 21.5. The molecule has 0 bridgehead atoms. The van der Waals surface area contributed by atoms with Gasteiger partial charge in [0.25, 0.3) is 0 Å². The lowest BCUT2D eigenvalue weighted by Gasteiger charge is -2.12. The molecule has 0 unspecified atom stereocenters. The van der Waals surface area contributed by atoms with Gasteiger partial charge in [-0.1, -0.05) is 18.2 Å². The molecule has 2 aromatic carbocycles. The third kappa shape index (κ3) is 5.48. The van der Waals surface area contributed by atoms with Crippen molar-refractivity contribution in [3.63, 3.8) is 0 Å². The Morgan fingerprint density at radius 3 is 2.22 bits per heavy atom. The average molecular weight is 427 g/mol. The highest BCUT2D eigenvalue weighted by Crippen LogP contribution is 2.24. The van der Waals surface area contributed by atoms with Gasteiger partial charge in [0, 0.05) is 23.6 Å². The fourth-order valence-electron chi connectivity index (χ4n) is 2.88. The first-order valence-electron chi connectivity index (χ1n) is 9.78. The molecular weight excluding hydrogens is 406 g/mol. The van der Waals surface area contributed by atoms with E-state index in [0.717, 1.165) is 5.69 Å². The molecule has 32 heavy (non-hydrogen) atoms. The summed E-state index contributed by atoms with van der Waals surface area (Å²) in [6.45, 7) is 0. The molecule has 0 aliphatic heterocycles. The van der Waals surface area contributed by atoms with E-state index in [2.05, 4.69) is 36.2 Å². The molecule has 160 valence electrons. The molecule has 4 N–H and O–H groups in total.